The Morgan fingerprint density at radius 2 is 0.803 bits per heavy atom. The molecule has 3 heterocycles. The lowest BCUT2D eigenvalue weighted by molar-refractivity contribution is 1.07. The number of aromatic nitrogens is 4. The third kappa shape index (κ3) is 6.05. The lowest BCUT2D eigenvalue weighted by atomic mass is 9.92. The van der Waals surface area contributed by atoms with Crippen molar-refractivity contribution in [3.8, 4) is 67.7 Å². The van der Waals surface area contributed by atoms with Crippen molar-refractivity contribution in [1.29, 1.82) is 0 Å². The Morgan fingerprint density at radius 3 is 1.49 bits per heavy atom. The number of fused-ring (bicyclic) bond motifs is 8. The van der Waals surface area contributed by atoms with E-state index in [9.17, 15) is 0 Å². The molecule has 0 fully saturated rings. The highest BCUT2D eigenvalue weighted by atomic mass is 32.1. The van der Waals surface area contributed by atoms with E-state index in [1.807, 2.05) is 47.7 Å². The second kappa shape index (κ2) is 14.5. The molecule has 0 spiro atoms. The van der Waals surface area contributed by atoms with E-state index in [4.69, 9.17) is 19.9 Å². The first-order valence-electron chi connectivity index (χ1n) is 20.5. The van der Waals surface area contributed by atoms with Gasteiger partial charge in [-0.3, -0.25) is 0 Å². The van der Waals surface area contributed by atoms with E-state index in [0.717, 1.165) is 55.5 Å². The molecular weight excluding hydrogens is 761 g/mol. The summed E-state index contributed by atoms with van der Waals surface area (Å²) in [6.45, 7) is 0. The van der Waals surface area contributed by atoms with E-state index in [2.05, 4.69) is 170 Å². The molecule has 0 saturated carbocycles. The molecule has 0 atom stereocenters. The Bertz CT molecular complexity index is 3620. The summed E-state index contributed by atoms with van der Waals surface area (Å²) in [7, 11) is 0. The standard InChI is InChI=1S/C56H34N4S/c1-3-14-35(15-4-1)36-26-30-39(31-27-36)55-58-54(38-16-5-2-6-17-38)59-56(60-55)40-32-28-37(29-33-40)43-23-13-24-47-51(43)57-52(50-46-22-11-12-25-49(46)61-53(47)50)48-34-41-18-7-8-19-42(41)44-20-9-10-21-45(44)48/h1-34H. The first-order valence-corrected chi connectivity index (χ1v) is 21.3. The highest BCUT2D eigenvalue weighted by Gasteiger charge is 2.21. The van der Waals surface area contributed by atoms with Crippen molar-refractivity contribution >= 4 is 64.0 Å². The van der Waals surface area contributed by atoms with Crippen LogP contribution >= 0.6 is 11.3 Å². The molecule has 0 unspecified atom stereocenters. The van der Waals surface area contributed by atoms with Crippen LogP contribution in [0.5, 0.6) is 0 Å². The van der Waals surface area contributed by atoms with Gasteiger partial charge in [0.15, 0.2) is 17.5 Å². The summed E-state index contributed by atoms with van der Waals surface area (Å²) < 4.78 is 2.51. The second-order valence-electron chi connectivity index (χ2n) is 15.3. The molecule has 3 aromatic heterocycles. The fraction of sp³-hybridized carbons (Fsp3) is 0. The summed E-state index contributed by atoms with van der Waals surface area (Å²) >= 11 is 1.85. The van der Waals surface area contributed by atoms with Gasteiger partial charge in [0, 0.05) is 53.4 Å². The SMILES string of the molecule is c1ccc(-c2ccc(-c3nc(-c4ccccc4)nc(-c4ccc(-c5cccc6c5nc(-c5cc7ccccc7c7ccccc57)c5c7ccccc7sc65)cc4)n3)cc2)cc1. The van der Waals surface area contributed by atoms with Crippen molar-refractivity contribution in [3.63, 3.8) is 0 Å². The molecule has 284 valence electrons. The molecule has 12 rings (SSSR count). The van der Waals surface area contributed by atoms with Crippen LogP contribution in [-0.4, -0.2) is 19.9 Å². The molecule has 0 aliphatic heterocycles. The van der Waals surface area contributed by atoms with Crippen molar-refractivity contribution in [2.45, 2.75) is 0 Å². The quantitative estimate of drug-likeness (QED) is 0.157. The van der Waals surface area contributed by atoms with Crippen LogP contribution in [0.15, 0.2) is 206 Å². The molecule has 0 aliphatic rings. The summed E-state index contributed by atoms with van der Waals surface area (Å²) in [5, 5.41) is 8.47. The molecule has 0 bridgehead atoms. The number of hydrogen-bond donors (Lipinski definition) is 0. The first-order chi connectivity index (χ1) is 30.2. The van der Waals surface area contributed by atoms with Crippen molar-refractivity contribution in [1.82, 2.24) is 19.9 Å². The molecule has 0 amide bonds. The topological polar surface area (TPSA) is 51.6 Å². The van der Waals surface area contributed by atoms with Crippen LogP contribution < -0.4 is 0 Å². The summed E-state index contributed by atoms with van der Waals surface area (Å²) in [6, 6.07) is 72.6. The van der Waals surface area contributed by atoms with Crippen LogP contribution in [0.4, 0.5) is 0 Å². The van der Waals surface area contributed by atoms with E-state index in [0.29, 0.717) is 17.5 Å². The molecule has 0 N–H and O–H groups in total. The molecule has 0 radical (unpaired) electrons. The Kier molecular flexibility index (Phi) is 8.32. The molecule has 5 heteroatoms. The summed E-state index contributed by atoms with van der Waals surface area (Å²) in [5.74, 6) is 1.89. The van der Waals surface area contributed by atoms with E-state index >= 15 is 0 Å². The number of thiophene rings is 1. The van der Waals surface area contributed by atoms with Crippen LogP contribution in [0.1, 0.15) is 0 Å². The number of benzene rings is 9. The molecule has 0 aliphatic carbocycles. The van der Waals surface area contributed by atoms with Crippen LogP contribution in [0.3, 0.4) is 0 Å². The van der Waals surface area contributed by atoms with Gasteiger partial charge < -0.3 is 0 Å². The second-order valence-corrected chi connectivity index (χ2v) is 16.4. The minimum absolute atomic E-state index is 0.621. The van der Waals surface area contributed by atoms with Gasteiger partial charge in [0.2, 0.25) is 0 Å². The minimum Gasteiger partial charge on any atom is -0.246 e. The van der Waals surface area contributed by atoms with E-state index in [1.54, 1.807) is 0 Å². The average molecular weight is 795 g/mol. The van der Waals surface area contributed by atoms with Crippen LogP contribution in [0, 0.1) is 0 Å². The van der Waals surface area contributed by atoms with E-state index in [-0.39, 0.29) is 0 Å². The van der Waals surface area contributed by atoms with E-state index in [1.165, 1.54) is 47.3 Å². The Balaban J connectivity index is 1.01. The highest BCUT2D eigenvalue weighted by Crippen LogP contribution is 2.46. The number of hydrogen-bond acceptors (Lipinski definition) is 5. The summed E-state index contributed by atoms with van der Waals surface area (Å²) in [5.41, 5.74) is 10.4. The first kappa shape index (κ1) is 35.1. The molecule has 4 nitrogen and oxygen atoms in total. The van der Waals surface area contributed by atoms with Gasteiger partial charge in [-0.15, -0.1) is 11.3 Å². The lowest BCUT2D eigenvalue weighted by Gasteiger charge is -2.15. The molecule has 9 aromatic carbocycles. The van der Waals surface area contributed by atoms with Gasteiger partial charge in [-0.25, -0.2) is 19.9 Å². The maximum atomic E-state index is 5.70. The predicted octanol–water partition coefficient (Wildman–Crippen LogP) is 15.1. The van der Waals surface area contributed by atoms with E-state index < -0.39 is 0 Å². The normalized spacial score (nSPS) is 11.6. The third-order valence-electron chi connectivity index (χ3n) is 11.7. The highest BCUT2D eigenvalue weighted by molar-refractivity contribution is 7.26. The van der Waals surface area contributed by atoms with Gasteiger partial charge in [0.25, 0.3) is 0 Å². The predicted molar refractivity (Wildman–Crippen MR) is 256 cm³/mol. The Labute approximate surface area is 356 Å². The van der Waals surface area contributed by atoms with Gasteiger partial charge in [0.05, 0.1) is 11.2 Å². The zero-order valence-electron chi connectivity index (χ0n) is 32.8. The Hall–Kier alpha value is -7.86. The summed E-state index contributed by atoms with van der Waals surface area (Å²) in [4.78, 5) is 20.8. The largest absolute Gasteiger partial charge is 0.246 e. The maximum absolute atomic E-state index is 5.70. The van der Waals surface area contributed by atoms with Crippen molar-refractivity contribution in [2.24, 2.45) is 0 Å². The zero-order chi connectivity index (χ0) is 40.3. The molecule has 61 heavy (non-hydrogen) atoms. The van der Waals surface area contributed by atoms with Crippen LogP contribution in [0.25, 0.3) is 120 Å². The fourth-order valence-electron chi connectivity index (χ4n) is 8.75. The fourth-order valence-corrected chi connectivity index (χ4v) is 9.98. The Morgan fingerprint density at radius 1 is 0.311 bits per heavy atom. The van der Waals surface area contributed by atoms with Crippen molar-refractivity contribution in [2.75, 3.05) is 0 Å². The van der Waals surface area contributed by atoms with Gasteiger partial charge >= 0.3 is 0 Å². The van der Waals surface area contributed by atoms with Crippen LogP contribution in [0.2, 0.25) is 0 Å². The van der Waals surface area contributed by atoms with Crippen molar-refractivity contribution in [3.05, 3.63) is 206 Å². The third-order valence-corrected chi connectivity index (χ3v) is 12.9. The van der Waals surface area contributed by atoms with Gasteiger partial charge in [-0.05, 0) is 50.4 Å². The number of para-hydroxylation sites is 1. The van der Waals surface area contributed by atoms with Gasteiger partial charge in [0.1, 0.15) is 0 Å². The molecule has 12 aromatic rings. The minimum atomic E-state index is 0.621. The smallest absolute Gasteiger partial charge is 0.164 e. The monoisotopic (exact) mass is 794 g/mol. The number of pyridine rings is 1. The molecule has 0 saturated heterocycles. The average Bonchev–Trinajstić information content (AvgIpc) is 3.74. The van der Waals surface area contributed by atoms with Gasteiger partial charge in [-0.1, -0.05) is 194 Å². The van der Waals surface area contributed by atoms with Crippen LogP contribution in [-0.2, 0) is 0 Å². The number of nitrogens with zero attached hydrogens (tertiary/aromatic N) is 4. The maximum Gasteiger partial charge on any atom is 0.164 e. The van der Waals surface area contributed by atoms with Gasteiger partial charge in [-0.2, -0.15) is 0 Å². The zero-order valence-corrected chi connectivity index (χ0v) is 33.6. The molecular formula is C56H34N4S. The lowest BCUT2D eigenvalue weighted by Crippen LogP contribution is -2.00. The number of rotatable bonds is 6. The van der Waals surface area contributed by atoms with Crippen molar-refractivity contribution < 1.29 is 0 Å². The summed E-state index contributed by atoms with van der Waals surface area (Å²) in [6.07, 6.45) is 0.